The number of hydrogen-bond donors (Lipinski definition) is 2. The number of benzene rings is 1. The molecule has 1 heterocycles. The van der Waals surface area contributed by atoms with Crippen molar-refractivity contribution in [2.45, 2.75) is 43.8 Å². The Kier molecular flexibility index (Phi) is 6.21. The number of amides is 1. The van der Waals surface area contributed by atoms with E-state index >= 15 is 0 Å². The van der Waals surface area contributed by atoms with Gasteiger partial charge in [0, 0.05) is 17.5 Å². The second kappa shape index (κ2) is 8.37. The number of hydrogen-bond acceptors (Lipinski definition) is 3. The van der Waals surface area contributed by atoms with Crippen LogP contribution in [-0.4, -0.2) is 23.6 Å². The Labute approximate surface area is 174 Å². The van der Waals surface area contributed by atoms with Gasteiger partial charge < -0.3 is 10.6 Å². The molecule has 162 valence electrons. The Balaban J connectivity index is 1.69. The maximum Gasteiger partial charge on any atom is 0.405 e. The van der Waals surface area contributed by atoms with Crippen molar-refractivity contribution in [2.75, 3.05) is 11.9 Å². The number of pyridine rings is 1. The molecule has 2 aromatic rings. The zero-order chi connectivity index (χ0) is 22.1. The van der Waals surface area contributed by atoms with Crippen LogP contribution < -0.4 is 10.6 Å². The van der Waals surface area contributed by atoms with Crippen LogP contribution in [0.15, 0.2) is 30.3 Å². The average molecular weight is 448 g/mol. The third kappa shape index (κ3) is 5.59. The largest absolute Gasteiger partial charge is 0.405 e. The number of aromatic nitrogens is 1. The van der Waals surface area contributed by atoms with Crippen molar-refractivity contribution < 1.29 is 26.7 Å². The van der Waals surface area contributed by atoms with Gasteiger partial charge in [0.2, 0.25) is 5.91 Å². The van der Waals surface area contributed by atoms with Crippen LogP contribution in [0.5, 0.6) is 0 Å². The maximum atomic E-state index is 13.9. The lowest BCUT2D eigenvalue weighted by Crippen LogP contribution is -2.36. The Morgan fingerprint density at radius 3 is 2.53 bits per heavy atom. The van der Waals surface area contributed by atoms with Crippen molar-refractivity contribution in [1.82, 2.24) is 10.3 Å². The van der Waals surface area contributed by atoms with E-state index in [0.29, 0.717) is 18.5 Å². The smallest absolute Gasteiger partial charge is 0.361 e. The predicted molar refractivity (Wildman–Crippen MR) is 102 cm³/mol. The lowest BCUT2D eigenvalue weighted by molar-refractivity contribution is -0.122. The number of carbonyl (C=O) groups excluding carboxylic acids is 1. The Morgan fingerprint density at radius 1 is 1.23 bits per heavy atom. The second-order valence-electron chi connectivity index (χ2n) is 7.43. The van der Waals surface area contributed by atoms with E-state index in [1.165, 1.54) is 18.2 Å². The van der Waals surface area contributed by atoms with E-state index in [4.69, 9.17) is 11.6 Å². The fraction of sp³-hybridized carbons (Fsp3) is 0.400. The van der Waals surface area contributed by atoms with E-state index in [1.807, 2.05) is 0 Å². The zero-order valence-corrected chi connectivity index (χ0v) is 16.7. The molecule has 0 bridgehead atoms. The maximum absolute atomic E-state index is 13.9. The number of nitrogens with one attached hydrogen (secondary N) is 2. The molecule has 1 aromatic carbocycles. The molecule has 1 amide bonds. The molecule has 1 aromatic heterocycles. The van der Waals surface area contributed by atoms with Gasteiger partial charge in [-0.1, -0.05) is 24.6 Å². The van der Waals surface area contributed by atoms with Crippen LogP contribution in [0.2, 0.25) is 5.02 Å². The van der Waals surface area contributed by atoms with E-state index in [1.54, 1.807) is 6.92 Å². The fourth-order valence-corrected chi connectivity index (χ4v) is 3.41. The lowest BCUT2D eigenvalue weighted by Gasteiger charge is -2.20. The molecule has 0 aliphatic heterocycles. The molecule has 1 atom stereocenters. The standard InChI is InChI=1S/C20H19ClF5N3O/c1-11(14-3-2-13(22)9-15(14)23)6-18(30)29-19(4-5-19)16-7-12(21)8-17(28-16)27-10-20(24,25)26/h2-3,7-9,11H,4-6,10H2,1H3,(H,27,28)(H,29,30). The van der Waals surface area contributed by atoms with Crippen LogP contribution in [0.4, 0.5) is 27.8 Å². The number of rotatable bonds is 7. The van der Waals surface area contributed by atoms with Gasteiger partial charge >= 0.3 is 6.18 Å². The molecule has 0 spiro atoms. The topological polar surface area (TPSA) is 54.0 Å². The van der Waals surface area contributed by atoms with Crippen LogP contribution >= 0.6 is 11.6 Å². The zero-order valence-electron chi connectivity index (χ0n) is 15.9. The van der Waals surface area contributed by atoms with Crippen LogP contribution in [0.3, 0.4) is 0 Å². The minimum absolute atomic E-state index is 0.0444. The van der Waals surface area contributed by atoms with Gasteiger partial charge in [0.1, 0.15) is 24.0 Å². The lowest BCUT2D eigenvalue weighted by atomic mass is 9.96. The summed E-state index contributed by atoms with van der Waals surface area (Å²) in [5, 5.41) is 5.20. The first kappa shape index (κ1) is 22.3. The highest BCUT2D eigenvalue weighted by molar-refractivity contribution is 6.30. The highest BCUT2D eigenvalue weighted by atomic mass is 35.5. The van der Waals surface area contributed by atoms with Gasteiger partial charge in [-0.05, 0) is 42.5 Å². The first-order valence-corrected chi connectivity index (χ1v) is 9.60. The Morgan fingerprint density at radius 2 is 1.93 bits per heavy atom. The van der Waals surface area contributed by atoms with Gasteiger partial charge in [-0.2, -0.15) is 13.2 Å². The Hall–Kier alpha value is -2.42. The SMILES string of the molecule is CC(CC(=O)NC1(c2cc(Cl)cc(NCC(F)(F)F)n2)CC1)c1ccc(F)cc1F. The van der Waals surface area contributed by atoms with E-state index in [0.717, 1.165) is 12.1 Å². The predicted octanol–water partition coefficient (Wildman–Crippen LogP) is 5.29. The molecule has 1 aliphatic rings. The van der Waals surface area contributed by atoms with Gasteiger partial charge in [0.05, 0.1) is 11.2 Å². The quantitative estimate of drug-likeness (QED) is 0.567. The van der Waals surface area contributed by atoms with Crippen LogP contribution in [-0.2, 0) is 10.3 Å². The number of carbonyl (C=O) groups is 1. The van der Waals surface area contributed by atoms with Crippen LogP contribution in [0.1, 0.15) is 43.4 Å². The van der Waals surface area contributed by atoms with Crippen molar-refractivity contribution in [3.63, 3.8) is 0 Å². The molecule has 30 heavy (non-hydrogen) atoms. The molecule has 1 fully saturated rings. The normalized spacial score (nSPS) is 16.1. The molecule has 3 rings (SSSR count). The minimum atomic E-state index is -4.42. The van der Waals surface area contributed by atoms with E-state index in [9.17, 15) is 26.7 Å². The highest BCUT2D eigenvalue weighted by Gasteiger charge is 2.47. The minimum Gasteiger partial charge on any atom is -0.361 e. The average Bonchev–Trinajstić information content (AvgIpc) is 3.39. The number of anilines is 1. The molecular weight excluding hydrogens is 429 g/mol. The highest BCUT2D eigenvalue weighted by Crippen LogP contribution is 2.46. The summed E-state index contributed by atoms with van der Waals surface area (Å²) in [6.07, 6.45) is -3.38. The fourth-order valence-electron chi connectivity index (χ4n) is 3.20. The summed E-state index contributed by atoms with van der Waals surface area (Å²) in [7, 11) is 0. The molecule has 2 N–H and O–H groups in total. The van der Waals surface area contributed by atoms with Crippen molar-refractivity contribution in [3.05, 3.63) is 58.2 Å². The summed E-state index contributed by atoms with van der Waals surface area (Å²) in [6.45, 7) is 0.381. The summed E-state index contributed by atoms with van der Waals surface area (Å²) < 4.78 is 64.3. The molecule has 1 aliphatic carbocycles. The first-order chi connectivity index (χ1) is 14.0. The summed E-state index contributed by atoms with van der Waals surface area (Å²) in [4.78, 5) is 16.7. The van der Waals surface area contributed by atoms with E-state index < -0.39 is 35.8 Å². The van der Waals surface area contributed by atoms with Gasteiger partial charge in [0.15, 0.2) is 0 Å². The molecular formula is C20H19ClF5N3O. The van der Waals surface area contributed by atoms with E-state index in [2.05, 4.69) is 15.6 Å². The van der Waals surface area contributed by atoms with Crippen molar-refractivity contribution in [3.8, 4) is 0 Å². The molecule has 0 radical (unpaired) electrons. The van der Waals surface area contributed by atoms with Gasteiger partial charge in [-0.3, -0.25) is 4.79 Å². The van der Waals surface area contributed by atoms with Crippen LogP contribution in [0.25, 0.3) is 0 Å². The van der Waals surface area contributed by atoms with Gasteiger partial charge in [0.25, 0.3) is 0 Å². The summed E-state index contributed by atoms with van der Waals surface area (Å²) in [5.41, 5.74) is -0.248. The summed E-state index contributed by atoms with van der Waals surface area (Å²) in [6, 6.07) is 5.95. The Bertz CT molecular complexity index is 947. The van der Waals surface area contributed by atoms with E-state index in [-0.39, 0.29) is 28.7 Å². The summed E-state index contributed by atoms with van der Waals surface area (Å²) >= 11 is 6.02. The number of alkyl halides is 3. The molecule has 1 saturated carbocycles. The number of nitrogens with zero attached hydrogens (tertiary/aromatic N) is 1. The van der Waals surface area contributed by atoms with Crippen molar-refractivity contribution in [1.29, 1.82) is 0 Å². The van der Waals surface area contributed by atoms with Crippen molar-refractivity contribution >= 4 is 23.3 Å². The first-order valence-electron chi connectivity index (χ1n) is 9.22. The monoisotopic (exact) mass is 447 g/mol. The molecule has 0 saturated heterocycles. The molecule has 4 nitrogen and oxygen atoms in total. The number of halogens is 6. The second-order valence-corrected chi connectivity index (χ2v) is 7.86. The third-order valence-corrected chi connectivity index (χ3v) is 5.08. The molecule has 1 unspecified atom stereocenters. The summed E-state index contributed by atoms with van der Waals surface area (Å²) in [5.74, 6) is -2.36. The van der Waals surface area contributed by atoms with Crippen molar-refractivity contribution in [2.24, 2.45) is 0 Å². The van der Waals surface area contributed by atoms with Gasteiger partial charge in [-0.15, -0.1) is 0 Å². The third-order valence-electron chi connectivity index (χ3n) is 4.86. The van der Waals surface area contributed by atoms with Crippen LogP contribution in [0, 0.1) is 11.6 Å². The molecule has 10 heteroatoms. The van der Waals surface area contributed by atoms with Gasteiger partial charge in [-0.25, -0.2) is 13.8 Å².